The summed E-state index contributed by atoms with van der Waals surface area (Å²) in [5, 5.41) is 2.49. The molecule has 0 radical (unpaired) electrons. The average molecular weight is 325 g/mol. The van der Waals surface area contributed by atoms with Crippen LogP contribution in [-0.4, -0.2) is 38.4 Å². The summed E-state index contributed by atoms with van der Waals surface area (Å²) in [7, 11) is -1.50. The predicted molar refractivity (Wildman–Crippen MR) is 84.0 cm³/mol. The van der Waals surface area contributed by atoms with Gasteiger partial charge < -0.3 is 14.6 Å². The van der Waals surface area contributed by atoms with Gasteiger partial charge in [-0.15, -0.1) is 0 Å². The van der Waals surface area contributed by atoms with E-state index in [4.69, 9.17) is 9.26 Å². The van der Waals surface area contributed by atoms with E-state index < -0.39 is 19.2 Å². The molecule has 0 aliphatic carbocycles. The number of amides is 1. The van der Waals surface area contributed by atoms with Crippen molar-refractivity contribution in [2.45, 2.75) is 6.92 Å². The number of nitrogens with one attached hydrogen (secondary N) is 1. The molecule has 1 aromatic rings. The van der Waals surface area contributed by atoms with Gasteiger partial charge in [-0.05, 0) is 25.1 Å². The molecular formula is C15H20NO5P. The van der Waals surface area contributed by atoms with Gasteiger partial charge in [-0.25, -0.2) is 4.79 Å². The van der Waals surface area contributed by atoms with Gasteiger partial charge >= 0.3 is 5.97 Å². The van der Waals surface area contributed by atoms with Crippen molar-refractivity contribution in [1.82, 2.24) is 5.32 Å². The molecule has 0 saturated carbocycles. The molecule has 1 unspecified atom stereocenters. The molecule has 0 aromatic heterocycles. The van der Waals surface area contributed by atoms with E-state index in [9.17, 15) is 14.2 Å². The Hall–Kier alpha value is -1.91. The topological polar surface area (TPSA) is 81.7 Å². The van der Waals surface area contributed by atoms with Gasteiger partial charge in [-0.3, -0.25) is 9.36 Å². The molecule has 1 aromatic carbocycles. The predicted octanol–water partition coefficient (Wildman–Crippen LogP) is 2.42. The van der Waals surface area contributed by atoms with Gasteiger partial charge in [0.15, 0.2) is 0 Å². The third-order valence-corrected chi connectivity index (χ3v) is 4.41. The molecule has 1 atom stereocenters. The third-order valence-electron chi connectivity index (χ3n) is 2.79. The second-order valence-electron chi connectivity index (χ2n) is 4.54. The third kappa shape index (κ3) is 5.84. The van der Waals surface area contributed by atoms with Gasteiger partial charge in [0, 0.05) is 25.5 Å². The summed E-state index contributed by atoms with van der Waals surface area (Å²) in [5.74, 6) is -1.12. The lowest BCUT2D eigenvalue weighted by Gasteiger charge is -2.11. The van der Waals surface area contributed by atoms with Crippen LogP contribution in [0.5, 0.6) is 0 Å². The van der Waals surface area contributed by atoms with E-state index in [2.05, 4.69) is 5.32 Å². The molecule has 7 heteroatoms. The number of rotatable bonds is 7. The summed E-state index contributed by atoms with van der Waals surface area (Å²) >= 11 is 0. The summed E-state index contributed by atoms with van der Waals surface area (Å²) in [6.45, 7) is 3.28. The number of benzene rings is 1. The molecule has 22 heavy (non-hydrogen) atoms. The summed E-state index contributed by atoms with van der Waals surface area (Å²) in [5.41, 5.74) is 0.360. The van der Waals surface area contributed by atoms with Crippen LogP contribution < -0.4 is 5.32 Å². The maximum absolute atomic E-state index is 12.1. The van der Waals surface area contributed by atoms with E-state index in [-0.39, 0.29) is 18.5 Å². The first-order chi connectivity index (χ1) is 10.4. The van der Waals surface area contributed by atoms with E-state index in [0.29, 0.717) is 5.56 Å². The largest absolute Gasteiger partial charge is 0.461 e. The van der Waals surface area contributed by atoms with Crippen LogP contribution in [0.4, 0.5) is 0 Å². The average Bonchev–Trinajstić information content (AvgIpc) is 2.52. The standard InChI is InChI=1S/C15H20NO5P/c1-4-21-15(18)13(10-11-22(3,19)20-2)16-14(17)12-8-6-5-7-9-12/h5-10H,4,11H2,1-3H3,(H,16,17). The Labute approximate surface area is 130 Å². The highest BCUT2D eigenvalue weighted by molar-refractivity contribution is 7.58. The Morgan fingerprint density at radius 1 is 1.27 bits per heavy atom. The summed E-state index contributed by atoms with van der Waals surface area (Å²) in [6.07, 6.45) is 1.38. The lowest BCUT2D eigenvalue weighted by atomic mass is 10.2. The smallest absolute Gasteiger partial charge is 0.354 e. The Bertz CT molecular complexity index is 597. The summed E-state index contributed by atoms with van der Waals surface area (Å²) < 4.78 is 21.6. The number of hydrogen-bond acceptors (Lipinski definition) is 5. The molecule has 6 nitrogen and oxygen atoms in total. The van der Waals surface area contributed by atoms with Crippen LogP contribution in [0.25, 0.3) is 0 Å². The molecule has 120 valence electrons. The molecule has 0 aliphatic rings. The van der Waals surface area contributed by atoms with Crippen LogP contribution in [0.1, 0.15) is 17.3 Å². The van der Waals surface area contributed by atoms with E-state index in [1.165, 1.54) is 19.9 Å². The number of carbonyl (C=O) groups excluding carboxylic acids is 2. The Balaban J connectivity index is 2.91. The van der Waals surface area contributed by atoms with Gasteiger partial charge in [-0.1, -0.05) is 18.2 Å². The zero-order valence-electron chi connectivity index (χ0n) is 12.9. The number of allylic oxidation sites excluding steroid dienone is 1. The van der Waals surface area contributed by atoms with Crippen LogP contribution in [0.3, 0.4) is 0 Å². The Morgan fingerprint density at radius 2 is 1.91 bits per heavy atom. The van der Waals surface area contributed by atoms with Crippen LogP contribution in [0, 0.1) is 0 Å². The van der Waals surface area contributed by atoms with Crippen LogP contribution in [0.15, 0.2) is 42.1 Å². The number of hydrogen-bond donors (Lipinski definition) is 1. The zero-order valence-corrected chi connectivity index (χ0v) is 13.8. The highest BCUT2D eigenvalue weighted by Crippen LogP contribution is 2.41. The molecule has 0 aliphatic heterocycles. The lowest BCUT2D eigenvalue weighted by molar-refractivity contribution is -0.138. The molecular weight excluding hydrogens is 305 g/mol. The Morgan fingerprint density at radius 3 is 2.45 bits per heavy atom. The number of ether oxygens (including phenoxy) is 1. The van der Waals surface area contributed by atoms with Crippen molar-refractivity contribution < 1.29 is 23.4 Å². The number of esters is 1. The van der Waals surface area contributed by atoms with Gasteiger partial charge in [0.25, 0.3) is 5.91 Å². The van der Waals surface area contributed by atoms with Crippen molar-refractivity contribution in [3.63, 3.8) is 0 Å². The second-order valence-corrected chi connectivity index (χ2v) is 7.30. The molecule has 1 rings (SSSR count). The fraction of sp³-hybridized carbons (Fsp3) is 0.333. The zero-order chi connectivity index (χ0) is 16.6. The molecule has 1 amide bonds. The van der Waals surface area contributed by atoms with Crippen molar-refractivity contribution >= 4 is 19.2 Å². The van der Waals surface area contributed by atoms with Gasteiger partial charge in [-0.2, -0.15) is 0 Å². The molecule has 0 fully saturated rings. The minimum atomic E-state index is -2.84. The minimum absolute atomic E-state index is 0.0206. The molecule has 0 saturated heterocycles. The SMILES string of the molecule is CCOC(=O)C(=CCP(C)(=O)OC)NC(=O)c1ccccc1. The van der Waals surface area contributed by atoms with Crippen LogP contribution in [0.2, 0.25) is 0 Å². The summed E-state index contributed by atoms with van der Waals surface area (Å²) in [4.78, 5) is 24.0. The van der Waals surface area contributed by atoms with Crippen molar-refractivity contribution in [2.24, 2.45) is 0 Å². The van der Waals surface area contributed by atoms with E-state index in [1.807, 2.05) is 0 Å². The molecule has 0 heterocycles. The van der Waals surface area contributed by atoms with Gasteiger partial charge in [0.1, 0.15) is 5.70 Å². The van der Waals surface area contributed by atoms with E-state index >= 15 is 0 Å². The quantitative estimate of drug-likeness (QED) is 0.473. The maximum Gasteiger partial charge on any atom is 0.354 e. The monoisotopic (exact) mass is 325 g/mol. The van der Waals surface area contributed by atoms with E-state index in [0.717, 1.165) is 0 Å². The minimum Gasteiger partial charge on any atom is -0.461 e. The van der Waals surface area contributed by atoms with Gasteiger partial charge in [0.2, 0.25) is 7.37 Å². The highest BCUT2D eigenvalue weighted by atomic mass is 31.2. The maximum atomic E-state index is 12.1. The summed E-state index contributed by atoms with van der Waals surface area (Å²) in [6, 6.07) is 8.46. The fourth-order valence-electron chi connectivity index (χ4n) is 1.51. The van der Waals surface area contributed by atoms with Crippen molar-refractivity contribution in [3.8, 4) is 0 Å². The normalized spacial score (nSPS) is 14.0. The lowest BCUT2D eigenvalue weighted by Crippen LogP contribution is -2.29. The van der Waals surface area contributed by atoms with E-state index in [1.54, 1.807) is 37.3 Å². The second kappa shape index (κ2) is 8.51. The fourth-order valence-corrected chi connectivity index (χ4v) is 2.17. The van der Waals surface area contributed by atoms with Gasteiger partial charge in [0.05, 0.1) is 6.61 Å². The first kappa shape index (κ1) is 18.1. The van der Waals surface area contributed by atoms with Crippen molar-refractivity contribution in [2.75, 3.05) is 26.5 Å². The van der Waals surface area contributed by atoms with Crippen molar-refractivity contribution in [1.29, 1.82) is 0 Å². The Kier molecular flexibility index (Phi) is 7.02. The van der Waals surface area contributed by atoms with Crippen LogP contribution in [-0.2, 0) is 18.6 Å². The van der Waals surface area contributed by atoms with Crippen LogP contribution >= 0.6 is 7.37 Å². The van der Waals surface area contributed by atoms with Crippen molar-refractivity contribution in [3.05, 3.63) is 47.7 Å². The molecule has 1 N–H and O–H groups in total. The number of carbonyl (C=O) groups is 2. The highest BCUT2D eigenvalue weighted by Gasteiger charge is 2.18. The molecule has 0 spiro atoms. The molecule has 0 bridgehead atoms. The first-order valence-electron chi connectivity index (χ1n) is 6.75. The first-order valence-corrected chi connectivity index (χ1v) is 9.01.